The van der Waals surface area contributed by atoms with Crippen LogP contribution >= 0.6 is 0 Å². The van der Waals surface area contributed by atoms with Gasteiger partial charge in [-0.15, -0.1) is 0 Å². The molecule has 0 radical (unpaired) electrons. The Morgan fingerprint density at radius 3 is 2.24 bits per heavy atom. The topological polar surface area (TPSA) is 37.3 Å². The molecule has 0 bridgehead atoms. The van der Waals surface area contributed by atoms with Crippen LogP contribution in [0.5, 0.6) is 0 Å². The average molecular weight is 230 g/mol. The molecule has 2 fully saturated rings. The Morgan fingerprint density at radius 2 is 1.65 bits per heavy atom. The zero-order valence-corrected chi connectivity index (χ0v) is 9.98. The summed E-state index contributed by atoms with van der Waals surface area (Å²) in [6.45, 7) is 0. The van der Waals surface area contributed by atoms with E-state index in [-0.39, 0.29) is 5.41 Å². The van der Waals surface area contributed by atoms with Gasteiger partial charge < -0.3 is 5.11 Å². The van der Waals surface area contributed by atoms with Crippen LogP contribution in [0.15, 0.2) is 30.3 Å². The summed E-state index contributed by atoms with van der Waals surface area (Å²) >= 11 is 0. The highest BCUT2D eigenvalue weighted by Crippen LogP contribution is 2.66. The van der Waals surface area contributed by atoms with Crippen LogP contribution in [0.2, 0.25) is 0 Å². The van der Waals surface area contributed by atoms with E-state index in [1.165, 1.54) is 6.42 Å². The van der Waals surface area contributed by atoms with Gasteiger partial charge >= 0.3 is 5.97 Å². The Balaban J connectivity index is 2.13. The van der Waals surface area contributed by atoms with Crippen LogP contribution in [0.4, 0.5) is 0 Å². The third-order valence-corrected chi connectivity index (χ3v) is 4.85. The second kappa shape index (κ2) is 3.59. The average Bonchev–Trinajstić information content (AvgIpc) is 3.11. The van der Waals surface area contributed by atoms with Gasteiger partial charge in [0.1, 0.15) is 0 Å². The molecular weight excluding hydrogens is 212 g/mol. The lowest BCUT2D eigenvalue weighted by atomic mass is 9.60. The van der Waals surface area contributed by atoms with Gasteiger partial charge in [0.2, 0.25) is 0 Å². The van der Waals surface area contributed by atoms with E-state index in [0.717, 1.165) is 37.7 Å². The monoisotopic (exact) mass is 230 g/mol. The van der Waals surface area contributed by atoms with Crippen LogP contribution in [0, 0.1) is 5.41 Å². The molecule has 2 heteroatoms. The molecule has 1 aromatic carbocycles. The van der Waals surface area contributed by atoms with E-state index in [4.69, 9.17) is 0 Å². The third kappa shape index (κ3) is 1.36. The molecule has 1 spiro atoms. The van der Waals surface area contributed by atoms with Gasteiger partial charge in [-0.2, -0.15) is 0 Å². The summed E-state index contributed by atoms with van der Waals surface area (Å²) in [6.07, 6.45) is 6.33. The fraction of sp³-hybridized carbons (Fsp3) is 0.533. The largest absolute Gasteiger partial charge is 0.481 e. The highest BCUT2D eigenvalue weighted by molar-refractivity contribution is 5.83. The summed E-state index contributed by atoms with van der Waals surface area (Å²) < 4.78 is 0. The van der Waals surface area contributed by atoms with Crippen LogP contribution in [-0.4, -0.2) is 11.1 Å². The van der Waals surface area contributed by atoms with Gasteiger partial charge in [-0.1, -0.05) is 43.2 Å². The first-order valence-corrected chi connectivity index (χ1v) is 6.50. The van der Waals surface area contributed by atoms with Crippen molar-refractivity contribution in [2.24, 2.45) is 5.41 Å². The maximum Gasteiger partial charge on any atom is 0.314 e. The molecule has 1 N–H and O–H groups in total. The summed E-state index contributed by atoms with van der Waals surface area (Å²) in [7, 11) is 0. The molecule has 0 aromatic heterocycles. The van der Waals surface area contributed by atoms with Gasteiger partial charge in [0.15, 0.2) is 0 Å². The normalized spacial score (nSPS) is 30.1. The van der Waals surface area contributed by atoms with E-state index < -0.39 is 11.4 Å². The van der Waals surface area contributed by atoms with Crippen LogP contribution in [0.1, 0.15) is 44.1 Å². The zero-order chi connectivity index (χ0) is 11.9. The number of hydrogen-bond acceptors (Lipinski definition) is 1. The molecule has 2 saturated carbocycles. The zero-order valence-electron chi connectivity index (χ0n) is 9.98. The van der Waals surface area contributed by atoms with Crippen molar-refractivity contribution in [1.82, 2.24) is 0 Å². The van der Waals surface area contributed by atoms with Crippen LogP contribution < -0.4 is 0 Å². The first kappa shape index (κ1) is 10.8. The van der Waals surface area contributed by atoms with Crippen molar-refractivity contribution in [3.05, 3.63) is 35.9 Å². The van der Waals surface area contributed by atoms with Gasteiger partial charge in [-0.3, -0.25) is 4.79 Å². The smallest absolute Gasteiger partial charge is 0.314 e. The van der Waals surface area contributed by atoms with E-state index >= 15 is 0 Å². The van der Waals surface area contributed by atoms with E-state index in [9.17, 15) is 9.90 Å². The second-order valence-electron chi connectivity index (χ2n) is 5.56. The van der Waals surface area contributed by atoms with Gasteiger partial charge in [0.25, 0.3) is 0 Å². The van der Waals surface area contributed by atoms with Gasteiger partial charge in [-0.25, -0.2) is 0 Å². The minimum Gasteiger partial charge on any atom is -0.481 e. The molecule has 0 amide bonds. The predicted octanol–water partition coefficient (Wildman–Crippen LogP) is 3.36. The lowest BCUT2D eigenvalue weighted by Crippen LogP contribution is -2.46. The summed E-state index contributed by atoms with van der Waals surface area (Å²) in [5.41, 5.74) is 0.481. The summed E-state index contributed by atoms with van der Waals surface area (Å²) in [5, 5.41) is 9.82. The van der Waals surface area contributed by atoms with Crippen molar-refractivity contribution in [3.8, 4) is 0 Å². The fourth-order valence-corrected chi connectivity index (χ4v) is 3.79. The molecule has 1 aromatic rings. The number of carboxylic acids is 1. The van der Waals surface area contributed by atoms with Gasteiger partial charge in [-0.05, 0) is 36.7 Å². The van der Waals surface area contributed by atoms with E-state index in [1.54, 1.807) is 0 Å². The Bertz CT molecular complexity index is 433. The number of aliphatic carboxylic acids is 1. The van der Waals surface area contributed by atoms with Crippen LogP contribution in [-0.2, 0) is 10.2 Å². The number of benzene rings is 1. The maximum absolute atomic E-state index is 11.9. The number of carbonyl (C=O) groups is 1. The Labute approximate surface area is 102 Å². The van der Waals surface area contributed by atoms with Crippen molar-refractivity contribution in [2.45, 2.75) is 43.9 Å². The Hall–Kier alpha value is -1.31. The van der Waals surface area contributed by atoms with Crippen molar-refractivity contribution in [3.63, 3.8) is 0 Å². The molecular formula is C15H18O2. The molecule has 3 rings (SSSR count). The predicted molar refractivity (Wildman–Crippen MR) is 65.9 cm³/mol. The van der Waals surface area contributed by atoms with Gasteiger partial charge in [0, 0.05) is 0 Å². The molecule has 1 atom stereocenters. The highest BCUT2D eigenvalue weighted by atomic mass is 16.4. The van der Waals surface area contributed by atoms with Crippen LogP contribution in [0.3, 0.4) is 0 Å². The minimum absolute atomic E-state index is 0.0679. The minimum atomic E-state index is -0.610. The van der Waals surface area contributed by atoms with Crippen molar-refractivity contribution in [1.29, 1.82) is 0 Å². The molecule has 0 saturated heterocycles. The Morgan fingerprint density at radius 1 is 1.00 bits per heavy atom. The van der Waals surface area contributed by atoms with Crippen molar-refractivity contribution in [2.75, 3.05) is 0 Å². The first-order valence-electron chi connectivity index (χ1n) is 6.50. The third-order valence-electron chi connectivity index (χ3n) is 4.85. The lowest BCUT2D eigenvalue weighted by Gasteiger charge is -2.42. The van der Waals surface area contributed by atoms with E-state index in [0.29, 0.717) is 0 Å². The lowest BCUT2D eigenvalue weighted by molar-refractivity contribution is -0.149. The number of rotatable bonds is 2. The molecule has 2 nitrogen and oxygen atoms in total. The van der Waals surface area contributed by atoms with Crippen molar-refractivity contribution < 1.29 is 9.90 Å². The molecule has 0 heterocycles. The molecule has 17 heavy (non-hydrogen) atoms. The quantitative estimate of drug-likeness (QED) is 0.845. The van der Waals surface area contributed by atoms with E-state index in [2.05, 4.69) is 0 Å². The molecule has 90 valence electrons. The fourth-order valence-electron chi connectivity index (χ4n) is 3.79. The van der Waals surface area contributed by atoms with Gasteiger partial charge in [0.05, 0.1) is 5.41 Å². The standard InChI is InChI=1S/C15H18O2/c16-13(17)15(12-6-2-1-3-7-12)9-5-4-8-14(15)10-11-14/h1-3,6-7H,4-5,8-11H2,(H,16,17). The molecule has 2 aliphatic rings. The number of hydrogen-bond donors (Lipinski definition) is 1. The highest BCUT2D eigenvalue weighted by Gasteiger charge is 2.64. The number of carboxylic acid groups (broad SMARTS) is 1. The second-order valence-corrected chi connectivity index (χ2v) is 5.56. The summed E-state index contributed by atoms with van der Waals surface area (Å²) in [6, 6.07) is 9.88. The maximum atomic E-state index is 11.9. The summed E-state index contributed by atoms with van der Waals surface area (Å²) in [4.78, 5) is 11.9. The van der Waals surface area contributed by atoms with E-state index in [1.807, 2.05) is 30.3 Å². The summed E-state index contributed by atoms with van der Waals surface area (Å²) in [5.74, 6) is -0.610. The molecule has 1 unspecified atom stereocenters. The van der Waals surface area contributed by atoms with Crippen molar-refractivity contribution >= 4 is 5.97 Å². The Kier molecular flexibility index (Phi) is 2.29. The SMILES string of the molecule is O=C(O)C1(c2ccccc2)CCCCC12CC2. The first-order chi connectivity index (χ1) is 8.21. The molecule has 2 aliphatic carbocycles. The van der Waals surface area contributed by atoms with Crippen LogP contribution in [0.25, 0.3) is 0 Å². The molecule has 0 aliphatic heterocycles.